The summed E-state index contributed by atoms with van der Waals surface area (Å²) in [6, 6.07) is 1.91. The molecule has 0 aliphatic carbocycles. The Morgan fingerprint density at radius 3 is 2.06 bits per heavy atom. The first kappa shape index (κ1) is 14.0. The van der Waals surface area contributed by atoms with Crippen LogP contribution in [0.15, 0.2) is 23.1 Å². The van der Waals surface area contributed by atoms with Crippen molar-refractivity contribution in [2.24, 2.45) is 0 Å². The van der Waals surface area contributed by atoms with E-state index < -0.39 is 23.9 Å². The van der Waals surface area contributed by atoms with Gasteiger partial charge >= 0.3 is 12.5 Å². The van der Waals surface area contributed by atoms with E-state index in [1.54, 1.807) is 0 Å². The fourth-order valence-corrected chi connectivity index (χ4v) is 1.74. The number of halogens is 6. The van der Waals surface area contributed by atoms with Gasteiger partial charge in [-0.05, 0) is 24.5 Å². The van der Waals surface area contributed by atoms with Crippen molar-refractivity contribution in [3.8, 4) is 5.75 Å². The molecule has 0 heterocycles. The van der Waals surface area contributed by atoms with Crippen molar-refractivity contribution >= 4 is 11.8 Å². The van der Waals surface area contributed by atoms with Crippen molar-refractivity contribution in [3.05, 3.63) is 23.8 Å². The van der Waals surface area contributed by atoms with Gasteiger partial charge in [-0.1, -0.05) is 0 Å². The van der Waals surface area contributed by atoms with Crippen molar-refractivity contribution in [3.63, 3.8) is 0 Å². The summed E-state index contributed by atoms with van der Waals surface area (Å²) in [5, 5.41) is 0. The van der Waals surface area contributed by atoms with Gasteiger partial charge in [0.05, 0.1) is 5.56 Å². The van der Waals surface area contributed by atoms with Crippen molar-refractivity contribution in [1.29, 1.82) is 0 Å². The number of hydrogen-bond acceptors (Lipinski definition) is 2. The van der Waals surface area contributed by atoms with Crippen LogP contribution in [0.2, 0.25) is 0 Å². The van der Waals surface area contributed by atoms with Gasteiger partial charge in [-0.25, -0.2) is 0 Å². The molecule has 8 heteroatoms. The Hall–Kier alpha value is -1.05. The lowest BCUT2D eigenvalue weighted by Crippen LogP contribution is -2.17. The fourth-order valence-electron chi connectivity index (χ4n) is 1.10. The molecule has 0 aliphatic rings. The highest BCUT2D eigenvalue weighted by atomic mass is 32.2. The molecule has 96 valence electrons. The summed E-state index contributed by atoms with van der Waals surface area (Å²) in [6.45, 7) is 0. The van der Waals surface area contributed by atoms with E-state index in [-0.39, 0.29) is 4.90 Å². The molecule has 0 radical (unpaired) electrons. The summed E-state index contributed by atoms with van der Waals surface area (Å²) in [7, 11) is 0. The smallest absolute Gasteiger partial charge is 0.406 e. The van der Waals surface area contributed by atoms with Crippen molar-refractivity contribution in [1.82, 2.24) is 0 Å². The summed E-state index contributed by atoms with van der Waals surface area (Å²) in [6.07, 6.45) is -8.19. The van der Waals surface area contributed by atoms with Gasteiger partial charge in [-0.15, -0.1) is 24.9 Å². The Balaban J connectivity index is 3.09. The summed E-state index contributed by atoms with van der Waals surface area (Å²) >= 11 is 0.695. The quantitative estimate of drug-likeness (QED) is 0.587. The summed E-state index contributed by atoms with van der Waals surface area (Å²) in [5.74, 6) is -0.671. The average Bonchev–Trinajstić information content (AvgIpc) is 2.13. The van der Waals surface area contributed by atoms with Gasteiger partial charge in [0.15, 0.2) is 0 Å². The Morgan fingerprint density at radius 2 is 1.65 bits per heavy atom. The van der Waals surface area contributed by atoms with Gasteiger partial charge in [0.2, 0.25) is 0 Å². The normalized spacial score (nSPS) is 12.6. The largest absolute Gasteiger partial charge is 0.573 e. The van der Waals surface area contributed by atoms with Crippen LogP contribution in [0.5, 0.6) is 5.75 Å². The van der Waals surface area contributed by atoms with Gasteiger partial charge in [0.25, 0.3) is 0 Å². The van der Waals surface area contributed by atoms with Crippen molar-refractivity contribution in [2.45, 2.75) is 17.4 Å². The van der Waals surface area contributed by atoms with Crippen LogP contribution in [0.4, 0.5) is 26.3 Å². The molecule has 1 nitrogen and oxygen atoms in total. The number of rotatable bonds is 2. The van der Waals surface area contributed by atoms with Gasteiger partial charge < -0.3 is 4.74 Å². The highest BCUT2D eigenvalue weighted by Gasteiger charge is 2.35. The van der Waals surface area contributed by atoms with Crippen LogP contribution in [0.1, 0.15) is 5.56 Å². The van der Waals surface area contributed by atoms with Gasteiger partial charge in [-0.2, -0.15) is 13.2 Å². The topological polar surface area (TPSA) is 9.23 Å². The predicted molar refractivity (Wildman–Crippen MR) is 49.9 cm³/mol. The molecule has 0 atom stereocenters. The third kappa shape index (κ3) is 4.03. The third-order valence-electron chi connectivity index (χ3n) is 1.71. The molecule has 0 saturated heterocycles. The van der Waals surface area contributed by atoms with E-state index in [1.807, 2.05) is 0 Å². The maximum atomic E-state index is 12.4. The van der Waals surface area contributed by atoms with E-state index >= 15 is 0 Å². The predicted octanol–water partition coefficient (Wildman–Crippen LogP) is 4.33. The van der Waals surface area contributed by atoms with E-state index in [4.69, 9.17) is 0 Å². The van der Waals surface area contributed by atoms with E-state index in [0.717, 1.165) is 0 Å². The lowest BCUT2D eigenvalue weighted by Gasteiger charge is -2.14. The van der Waals surface area contributed by atoms with Crippen LogP contribution in [0.25, 0.3) is 0 Å². The number of alkyl halides is 6. The number of hydrogen-bond donors (Lipinski definition) is 0. The average molecular weight is 276 g/mol. The maximum Gasteiger partial charge on any atom is 0.573 e. The molecule has 1 rings (SSSR count). The molecule has 0 fully saturated rings. The first-order valence-corrected chi connectivity index (χ1v) is 5.37. The minimum Gasteiger partial charge on any atom is -0.406 e. The summed E-state index contributed by atoms with van der Waals surface area (Å²) < 4.78 is 76.4. The second kappa shape index (κ2) is 4.67. The Bertz CT molecular complexity index is 397. The molecule has 1 aromatic carbocycles. The minimum atomic E-state index is -4.92. The van der Waals surface area contributed by atoms with E-state index in [1.165, 1.54) is 6.26 Å². The molecule has 0 spiro atoms. The summed E-state index contributed by atoms with van der Waals surface area (Å²) in [4.78, 5) is -0.320. The second-order valence-electron chi connectivity index (χ2n) is 2.91. The molecule has 1 aromatic rings. The standard InChI is InChI=1S/C9H6F6OS/c1-17-7-4-5(16-9(13,14)15)2-3-6(7)8(10,11)12/h2-4H,1H3. The van der Waals surface area contributed by atoms with E-state index in [9.17, 15) is 26.3 Å². The van der Waals surface area contributed by atoms with Crippen LogP contribution in [-0.4, -0.2) is 12.6 Å². The molecule has 0 aromatic heterocycles. The lowest BCUT2D eigenvalue weighted by atomic mass is 10.2. The molecule has 0 unspecified atom stereocenters. The molecule has 17 heavy (non-hydrogen) atoms. The molecular weight excluding hydrogens is 270 g/mol. The number of ether oxygens (including phenoxy) is 1. The van der Waals surface area contributed by atoms with Crippen LogP contribution >= 0.6 is 11.8 Å². The second-order valence-corrected chi connectivity index (χ2v) is 3.76. The molecule has 0 saturated carbocycles. The molecular formula is C9H6F6OS. The Morgan fingerprint density at radius 1 is 1.06 bits per heavy atom. The van der Waals surface area contributed by atoms with Crippen LogP contribution in [-0.2, 0) is 6.18 Å². The summed E-state index contributed by atoms with van der Waals surface area (Å²) in [5.41, 5.74) is -0.987. The van der Waals surface area contributed by atoms with E-state index in [2.05, 4.69) is 4.74 Å². The first-order chi connectivity index (χ1) is 7.63. The molecule has 0 amide bonds. The van der Waals surface area contributed by atoms with Crippen LogP contribution in [0, 0.1) is 0 Å². The minimum absolute atomic E-state index is 0.320. The van der Waals surface area contributed by atoms with Crippen molar-refractivity contribution < 1.29 is 31.1 Å². The Kier molecular flexibility index (Phi) is 3.85. The SMILES string of the molecule is CSc1cc(OC(F)(F)F)ccc1C(F)(F)F. The first-order valence-electron chi connectivity index (χ1n) is 4.14. The highest BCUT2D eigenvalue weighted by Crippen LogP contribution is 2.38. The third-order valence-corrected chi connectivity index (χ3v) is 2.49. The van der Waals surface area contributed by atoms with Crippen LogP contribution in [0.3, 0.4) is 0 Å². The molecule has 0 N–H and O–H groups in total. The molecule has 0 aliphatic heterocycles. The zero-order valence-electron chi connectivity index (χ0n) is 8.32. The number of thioether (sulfide) groups is 1. The maximum absolute atomic E-state index is 12.4. The Labute approximate surface area is 96.8 Å². The molecule has 0 bridgehead atoms. The van der Waals surface area contributed by atoms with Gasteiger partial charge in [0, 0.05) is 4.90 Å². The number of benzene rings is 1. The van der Waals surface area contributed by atoms with Crippen molar-refractivity contribution in [2.75, 3.05) is 6.26 Å². The monoisotopic (exact) mass is 276 g/mol. The lowest BCUT2D eigenvalue weighted by molar-refractivity contribution is -0.274. The zero-order chi connectivity index (χ0) is 13.3. The highest BCUT2D eigenvalue weighted by molar-refractivity contribution is 7.98. The van der Waals surface area contributed by atoms with Gasteiger partial charge in [-0.3, -0.25) is 0 Å². The zero-order valence-corrected chi connectivity index (χ0v) is 9.13. The van der Waals surface area contributed by atoms with Gasteiger partial charge in [0.1, 0.15) is 5.75 Å². The fraction of sp³-hybridized carbons (Fsp3) is 0.333. The van der Waals surface area contributed by atoms with E-state index in [0.29, 0.717) is 30.0 Å². The van der Waals surface area contributed by atoms with Crippen LogP contribution < -0.4 is 4.74 Å².